The SMILES string of the molecule is O=C(Nc1ccccc1)N1CC2CC(C1)N(c1c(Cl)cncc1Cl)C2. The van der Waals surface area contributed by atoms with Crippen molar-refractivity contribution < 1.29 is 4.79 Å². The van der Waals surface area contributed by atoms with Crippen LogP contribution in [-0.2, 0) is 0 Å². The fourth-order valence-corrected chi connectivity index (χ4v) is 4.38. The van der Waals surface area contributed by atoms with E-state index in [0.29, 0.717) is 22.5 Å². The number of hydrogen-bond acceptors (Lipinski definition) is 3. The number of anilines is 2. The van der Waals surface area contributed by atoms with E-state index in [-0.39, 0.29) is 12.1 Å². The maximum atomic E-state index is 12.6. The first-order chi connectivity index (χ1) is 12.1. The van der Waals surface area contributed by atoms with Crippen LogP contribution >= 0.6 is 23.2 Å². The van der Waals surface area contributed by atoms with Crippen molar-refractivity contribution in [3.8, 4) is 0 Å². The Kier molecular flexibility index (Phi) is 4.44. The first kappa shape index (κ1) is 16.5. The molecular formula is C18H18Cl2N4O. The molecule has 2 bridgehead atoms. The van der Waals surface area contributed by atoms with E-state index >= 15 is 0 Å². The Morgan fingerprint density at radius 1 is 1.08 bits per heavy atom. The molecule has 1 aromatic heterocycles. The van der Waals surface area contributed by atoms with Crippen LogP contribution in [0, 0.1) is 5.92 Å². The third-order valence-corrected chi connectivity index (χ3v) is 5.39. The molecule has 1 N–H and O–H groups in total. The zero-order chi connectivity index (χ0) is 17.4. The summed E-state index contributed by atoms with van der Waals surface area (Å²) >= 11 is 12.6. The van der Waals surface area contributed by atoms with Gasteiger partial charge in [0.1, 0.15) is 0 Å². The van der Waals surface area contributed by atoms with Crippen LogP contribution in [0.25, 0.3) is 0 Å². The second-order valence-corrected chi connectivity index (χ2v) is 7.38. The van der Waals surface area contributed by atoms with E-state index in [1.54, 1.807) is 12.4 Å². The van der Waals surface area contributed by atoms with Gasteiger partial charge in [0.25, 0.3) is 0 Å². The van der Waals surface area contributed by atoms with Crippen molar-refractivity contribution in [1.29, 1.82) is 0 Å². The number of likely N-dealkylation sites (tertiary alicyclic amines) is 1. The normalized spacial score (nSPS) is 22.2. The quantitative estimate of drug-likeness (QED) is 0.856. The monoisotopic (exact) mass is 376 g/mol. The molecule has 7 heteroatoms. The number of hydrogen-bond donors (Lipinski definition) is 1. The molecule has 2 aromatic rings. The number of rotatable bonds is 2. The Morgan fingerprint density at radius 3 is 2.52 bits per heavy atom. The highest BCUT2D eigenvalue weighted by molar-refractivity contribution is 6.38. The van der Waals surface area contributed by atoms with Crippen LogP contribution in [0.2, 0.25) is 10.0 Å². The van der Waals surface area contributed by atoms with Crippen molar-refractivity contribution in [2.24, 2.45) is 5.92 Å². The topological polar surface area (TPSA) is 48.5 Å². The van der Waals surface area contributed by atoms with Gasteiger partial charge < -0.3 is 15.1 Å². The third-order valence-electron chi connectivity index (χ3n) is 4.84. The molecule has 5 nitrogen and oxygen atoms in total. The zero-order valence-electron chi connectivity index (χ0n) is 13.5. The van der Waals surface area contributed by atoms with Gasteiger partial charge in [0, 0.05) is 43.8 Å². The minimum Gasteiger partial charge on any atom is -0.364 e. The van der Waals surface area contributed by atoms with Crippen molar-refractivity contribution in [2.75, 3.05) is 29.9 Å². The van der Waals surface area contributed by atoms with Gasteiger partial charge >= 0.3 is 6.03 Å². The fraction of sp³-hybridized carbons (Fsp3) is 0.333. The van der Waals surface area contributed by atoms with E-state index in [9.17, 15) is 4.79 Å². The number of nitrogens with zero attached hydrogens (tertiary/aromatic N) is 3. The van der Waals surface area contributed by atoms with Gasteiger partial charge in [-0.05, 0) is 24.5 Å². The second-order valence-electron chi connectivity index (χ2n) is 6.56. The van der Waals surface area contributed by atoms with Crippen LogP contribution in [-0.4, -0.2) is 41.6 Å². The first-order valence-electron chi connectivity index (χ1n) is 8.28. The predicted molar refractivity (Wildman–Crippen MR) is 101 cm³/mol. The van der Waals surface area contributed by atoms with E-state index in [2.05, 4.69) is 15.2 Å². The Bertz CT molecular complexity index is 766. The molecule has 2 saturated heterocycles. The summed E-state index contributed by atoms with van der Waals surface area (Å²) in [4.78, 5) is 20.7. The maximum absolute atomic E-state index is 12.6. The number of fused-ring (bicyclic) bond motifs is 2. The lowest BCUT2D eigenvalue weighted by Gasteiger charge is -2.33. The number of carbonyl (C=O) groups is 1. The highest BCUT2D eigenvalue weighted by Crippen LogP contribution is 2.40. The summed E-state index contributed by atoms with van der Waals surface area (Å²) in [5.74, 6) is 0.417. The van der Waals surface area contributed by atoms with Crippen LogP contribution in [0.3, 0.4) is 0 Å². The van der Waals surface area contributed by atoms with Crippen molar-refractivity contribution in [1.82, 2.24) is 9.88 Å². The average Bonchev–Trinajstić information content (AvgIpc) is 2.89. The van der Waals surface area contributed by atoms with E-state index in [0.717, 1.165) is 30.9 Å². The molecule has 0 aliphatic carbocycles. The molecule has 2 amide bonds. The van der Waals surface area contributed by atoms with Gasteiger partial charge in [-0.1, -0.05) is 41.4 Å². The molecule has 2 unspecified atom stereocenters. The van der Waals surface area contributed by atoms with E-state index in [1.807, 2.05) is 35.2 Å². The van der Waals surface area contributed by atoms with Crippen molar-refractivity contribution >= 4 is 40.6 Å². The largest absolute Gasteiger partial charge is 0.364 e. The molecule has 0 spiro atoms. The second kappa shape index (κ2) is 6.73. The van der Waals surface area contributed by atoms with E-state index < -0.39 is 0 Å². The maximum Gasteiger partial charge on any atom is 0.321 e. The number of piperidine rings is 1. The summed E-state index contributed by atoms with van der Waals surface area (Å²) in [6.07, 6.45) is 4.28. The molecule has 0 saturated carbocycles. The summed E-state index contributed by atoms with van der Waals surface area (Å²) < 4.78 is 0. The Morgan fingerprint density at radius 2 is 1.80 bits per heavy atom. The summed E-state index contributed by atoms with van der Waals surface area (Å²) in [6.45, 7) is 2.25. The summed E-state index contributed by atoms with van der Waals surface area (Å²) in [7, 11) is 0. The van der Waals surface area contributed by atoms with Crippen molar-refractivity contribution in [3.63, 3.8) is 0 Å². The standard InChI is InChI=1S/C18H18Cl2N4O/c19-15-7-21-8-16(20)17(15)24-10-12-6-14(24)11-23(9-12)18(25)22-13-4-2-1-3-5-13/h1-5,7-8,12,14H,6,9-11H2,(H,22,25). The predicted octanol–water partition coefficient (Wildman–Crippen LogP) is 4.13. The van der Waals surface area contributed by atoms with Crippen LogP contribution in [0.5, 0.6) is 0 Å². The molecule has 2 fully saturated rings. The molecule has 25 heavy (non-hydrogen) atoms. The molecule has 4 rings (SSSR count). The number of para-hydroxylation sites is 1. The number of carbonyl (C=O) groups excluding carboxylic acids is 1. The number of urea groups is 1. The molecule has 3 heterocycles. The highest BCUT2D eigenvalue weighted by Gasteiger charge is 2.41. The number of pyridine rings is 1. The van der Waals surface area contributed by atoms with Gasteiger partial charge in [-0.3, -0.25) is 4.98 Å². The number of benzene rings is 1. The summed E-state index contributed by atoms with van der Waals surface area (Å²) in [5, 5.41) is 4.08. The van der Waals surface area contributed by atoms with Crippen molar-refractivity contribution in [2.45, 2.75) is 12.5 Å². The number of aromatic nitrogens is 1. The van der Waals surface area contributed by atoms with E-state index in [4.69, 9.17) is 23.2 Å². The molecule has 130 valence electrons. The summed E-state index contributed by atoms with van der Waals surface area (Å²) in [5.41, 5.74) is 1.64. The lowest BCUT2D eigenvalue weighted by molar-refractivity contribution is 0.187. The molecular weight excluding hydrogens is 359 g/mol. The van der Waals surface area contributed by atoms with Crippen LogP contribution in [0.1, 0.15) is 6.42 Å². The lowest BCUT2D eigenvalue weighted by Crippen LogP contribution is -2.47. The van der Waals surface area contributed by atoms with E-state index in [1.165, 1.54) is 0 Å². The number of halogens is 2. The van der Waals surface area contributed by atoms with Gasteiger partial charge in [0.05, 0.1) is 15.7 Å². The molecule has 2 aliphatic rings. The summed E-state index contributed by atoms with van der Waals surface area (Å²) in [6, 6.07) is 9.68. The molecule has 1 aromatic carbocycles. The number of nitrogens with one attached hydrogen (secondary N) is 1. The van der Waals surface area contributed by atoms with Crippen LogP contribution in [0.4, 0.5) is 16.2 Å². The minimum absolute atomic E-state index is 0.0605. The first-order valence-corrected chi connectivity index (χ1v) is 9.04. The Balaban J connectivity index is 1.50. The number of amides is 2. The average molecular weight is 377 g/mol. The van der Waals surface area contributed by atoms with Gasteiger partial charge in [-0.15, -0.1) is 0 Å². The zero-order valence-corrected chi connectivity index (χ0v) is 15.0. The smallest absolute Gasteiger partial charge is 0.321 e. The third kappa shape index (κ3) is 3.26. The molecule has 2 aliphatic heterocycles. The minimum atomic E-state index is -0.0605. The molecule has 0 radical (unpaired) electrons. The van der Waals surface area contributed by atoms with Gasteiger partial charge in [0.2, 0.25) is 0 Å². The van der Waals surface area contributed by atoms with Gasteiger partial charge in [-0.2, -0.15) is 0 Å². The van der Waals surface area contributed by atoms with Crippen LogP contribution in [0.15, 0.2) is 42.7 Å². The lowest BCUT2D eigenvalue weighted by atomic mass is 10.0. The van der Waals surface area contributed by atoms with Crippen molar-refractivity contribution in [3.05, 3.63) is 52.8 Å². The molecule has 2 atom stereocenters. The fourth-order valence-electron chi connectivity index (χ4n) is 3.80. The Labute approximate surface area is 156 Å². The highest BCUT2D eigenvalue weighted by atomic mass is 35.5. The van der Waals surface area contributed by atoms with Gasteiger partial charge in [0.15, 0.2) is 0 Å². The van der Waals surface area contributed by atoms with Gasteiger partial charge in [-0.25, -0.2) is 4.79 Å². The van der Waals surface area contributed by atoms with Crippen LogP contribution < -0.4 is 10.2 Å². The Hall–Kier alpha value is -1.98.